The molecule has 0 saturated heterocycles. The van der Waals surface area contributed by atoms with Crippen molar-refractivity contribution < 1.29 is 13.2 Å². The normalized spacial score (nSPS) is 11.8. The van der Waals surface area contributed by atoms with Gasteiger partial charge in [-0.25, -0.2) is 12.7 Å². The average molecular weight is 451 g/mol. The van der Waals surface area contributed by atoms with Crippen LogP contribution in [0, 0.1) is 5.92 Å². The van der Waals surface area contributed by atoms with Gasteiger partial charge in [-0.3, -0.25) is 4.79 Å². The summed E-state index contributed by atoms with van der Waals surface area (Å²) in [6.07, 6.45) is 0.641. The van der Waals surface area contributed by atoms with Crippen LogP contribution in [0.25, 0.3) is 11.1 Å². The summed E-state index contributed by atoms with van der Waals surface area (Å²) in [6.45, 7) is 5.01. The summed E-state index contributed by atoms with van der Waals surface area (Å²) in [7, 11) is -3.41. The van der Waals surface area contributed by atoms with Crippen LogP contribution in [0.15, 0.2) is 78.9 Å². The molecule has 0 aromatic heterocycles. The van der Waals surface area contributed by atoms with Crippen molar-refractivity contribution in [2.75, 3.05) is 13.1 Å². The fourth-order valence-corrected chi connectivity index (χ4v) is 5.26. The molecule has 168 valence electrons. The van der Waals surface area contributed by atoms with E-state index in [0.29, 0.717) is 25.1 Å². The minimum Gasteiger partial charge on any atom is -0.366 e. The number of nitrogens with two attached hydrogens (primary N) is 1. The molecule has 0 bridgehead atoms. The van der Waals surface area contributed by atoms with Crippen molar-refractivity contribution in [3.05, 3.63) is 95.6 Å². The molecule has 0 aliphatic rings. The second-order valence-electron chi connectivity index (χ2n) is 8.38. The SMILES string of the molecule is CC(C)CN(CCc1ccc(-c2ccc(C(N)=O)cc2)cc1)S(=O)(=O)Cc1ccccc1. The minimum absolute atomic E-state index is 0.0147. The van der Waals surface area contributed by atoms with E-state index < -0.39 is 15.9 Å². The molecule has 5 nitrogen and oxygen atoms in total. The van der Waals surface area contributed by atoms with Gasteiger partial charge in [0, 0.05) is 18.7 Å². The van der Waals surface area contributed by atoms with E-state index in [0.717, 1.165) is 22.3 Å². The molecule has 32 heavy (non-hydrogen) atoms. The molecule has 0 unspecified atom stereocenters. The number of primary amides is 1. The predicted octanol–water partition coefficient (Wildman–Crippen LogP) is 4.48. The summed E-state index contributed by atoms with van der Waals surface area (Å²) in [5.74, 6) is -0.188. The molecule has 3 rings (SSSR count). The minimum atomic E-state index is -3.41. The summed E-state index contributed by atoms with van der Waals surface area (Å²) in [4.78, 5) is 11.2. The van der Waals surface area contributed by atoms with E-state index in [-0.39, 0.29) is 11.7 Å². The molecule has 0 aliphatic heterocycles. The van der Waals surface area contributed by atoms with E-state index in [1.807, 2.05) is 80.6 Å². The lowest BCUT2D eigenvalue weighted by Crippen LogP contribution is -2.36. The summed E-state index contributed by atoms with van der Waals surface area (Å²) < 4.78 is 27.7. The van der Waals surface area contributed by atoms with Crippen LogP contribution in [-0.2, 0) is 22.2 Å². The molecule has 0 fully saturated rings. The van der Waals surface area contributed by atoms with Gasteiger partial charge in [0.05, 0.1) is 5.75 Å². The van der Waals surface area contributed by atoms with Crippen molar-refractivity contribution in [2.24, 2.45) is 11.7 Å². The van der Waals surface area contributed by atoms with Gasteiger partial charge < -0.3 is 5.73 Å². The van der Waals surface area contributed by atoms with Gasteiger partial charge in [0.2, 0.25) is 15.9 Å². The van der Waals surface area contributed by atoms with Gasteiger partial charge in [0.15, 0.2) is 0 Å². The topological polar surface area (TPSA) is 80.5 Å². The van der Waals surface area contributed by atoms with Gasteiger partial charge in [-0.2, -0.15) is 0 Å². The van der Waals surface area contributed by atoms with Crippen LogP contribution in [0.1, 0.15) is 35.3 Å². The molecule has 1 amide bonds. The number of amides is 1. The molecule has 6 heteroatoms. The third kappa shape index (κ3) is 6.52. The molecule has 0 atom stereocenters. The van der Waals surface area contributed by atoms with Crippen molar-refractivity contribution in [1.82, 2.24) is 4.31 Å². The Morgan fingerprint density at radius 1 is 0.844 bits per heavy atom. The Kier molecular flexibility index (Phi) is 7.83. The van der Waals surface area contributed by atoms with E-state index in [9.17, 15) is 13.2 Å². The maximum atomic E-state index is 13.1. The number of rotatable bonds is 10. The molecule has 0 aliphatic carbocycles. The van der Waals surface area contributed by atoms with Gasteiger partial charge in [-0.15, -0.1) is 0 Å². The Hall–Kier alpha value is -2.96. The Morgan fingerprint density at radius 2 is 1.41 bits per heavy atom. The third-order valence-electron chi connectivity index (χ3n) is 5.26. The van der Waals surface area contributed by atoms with Crippen LogP contribution >= 0.6 is 0 Å². The van der Waals surface area contributed by atoms with Crippen LogP contribution in [-0.4, -0.2) is 31.7 Å². The molecule has 3 aromatic carbocycles. The zero-order valence-electron chi connectivity index (χ0n) is 18.6. The van der Waals surface area contributed by atoms with Gasteiger partial charge in [-0.1, -0.05) is 80.6 Å². The van der Waals surface area contributed by atoms with Gasteiger partial charge in [0.25, 0.3) is 0 Å². The van der Waals surface area contributed by atoms with Crippen molar-refractivity contribution in [2.45, 2.75) is 26.0 Å². The largest absolute Gasteiger partial charge is 0.366 e. The summed E-state index contributed by atoms with van der Waals surface area (Å²) in [5, 5.41) is 0. The van der Waals surface area contributed by atoms with Crippen LogP contribution in [0.5, 0.6) is 0 Å². The summed E-state index contributed by atoms with van der Waals surface area (Å²) in [6, 6.07) is 24.5. The molecule has 0 radical (unpaired) electrons. The summed E-state index contributed by atoms with van der Waals surface area (Å²) in [5.41, 5.74) is 9.67. The smallest absolute Gasteiger partial charge is 0.248 e. The standard InChI is InChI=1S/C26H30N2O3S/c1-20(2)18-28(32(30,31)19-22-6-4-3-5-7-22)17-16-21-8-10-23(11-9-21)24-12-14-25(15-13-24)26(27)29/h3-15,20H,16-19H2,1-2H3,(H2,27,29). The van der Waals surface area contributed by atoms with E-state index in [2.05, 4.69) is 0 Å². The predicted molar refractivity (Wildman–Crippen MR) is 130 cm³/mol. The monoisotopic (exact) mass is 450 g/mol. The zero-order chi connectivity index (χ0) is 23.1. The summed E-state index contributed by atoms with van der Waals surface area (Å²) >= 11 is 0. The fraction of sp³-hybridized carbons (Fsp3) is 0.269. The fourth-order valence-electron chi connectivity index (χ4n) is 3.57. The first kappa shape index (κ1) is 23.7. The molecule has 2 N–H and O–H groups in total. The highest BCUT2D eigenvalue weighted by atomic mass is 32.2. The highest BCUT2D eigenvalue weighted by molar-refractivity contribution is 7.88. The second-order valence-corrected chi connectivity index (χ2v) is 10.4. The van der Waals surface area contributed by atoms with Crippen molar-refractivity contribution in [1.29, 1.82) is 0 Å². The van der Waals surface area contributed by atoms with Gasteiger partial charge in [-0.05, 0) is 46.7 Å². The Labute approximate surface area is 190 Å². The van der Waals surface area contributed by atoms with Crippen molar-refractivity contribution >= 4 is 15.9 Å². The number of carbonyl (C=O) groups excluding carboxylic acids is 1. The molecule has 0 heterocycles. The average Bonchev–Trinajstić information content (AvgIpc) is 2.77. The van der Waals surface area contributed by atoms with Crippen LogP contribution in [0.2, 0.25) is 0 Å². The first-order valence-electron chi connectivity index (χ1n) is 10.8. The first-order valence-corrected chi connectivity index (χ1v) is 12.4. The Bertz CT molecular complexity index is 1120. The number of hydrogen-bond donors (Lipinski definition) is 1. The molecular formula is C26H30N2O3S. The van der Waals surface area contributed by atoms with E-state index in [4.69, 9.17) is 5.73 Å². The molecule has 3 aromatic rings. The lowest BCUT2D eigenvalue weighted by atomic mass is 10.0. The van der Waals surface area contributed by atoms with Crippen LogP contribution < -0.4 is 5.73 Å². The van der Waals surface area contributed by atoms with Gasteiger partial charge in [0.1, 0.15) is 0 Å². The van der Waals surface area contributed by atoms with Crippen molar-refractivity contribution in [3.63, 3.8) is 0 Å². The van der Waals surface area contributed by atoms with Crippen LogP contribution in [0.4, 0.5) is 0 Å². The third-order valence-corrected chi connectivity index (χ3v) is 7.08. The Morgan fingerprint density at radius 3 is 1.94 bits per heavy atom. The zero-order valence-corrected chi connectivity index (χ0v) is 19.4. The number of nitrogens with zero attached hydrogens (tertiary/aromatic N) is 1. The second kappa shape index (κ2) is 10.6. The quantitative estimate of drug-likeness (QED) is 0.494. The maximum absolute atomic E-state index is 13.1. The molecule has 0 saturated carbocycles. The molecule has 0 spiro atoms. The highest BCUT2D eigenvalue weighted by Crippen LogP contribution is 2.21. The van der Waals surface area contributed by atoms with Gasteiger partial charge >= 0.3 is 0 Å². The Balaban J connectivity index is 1.68. The van der Waals surface area contributed by atoms with Crippen molar-refractivity contribution in [3.8, 4) is 11.1 Å². The molecular weight excluding hydrogens is 420 g/mol. The maximum Gasteiger partial charge on any atom is 0.248 e. The lowest BCUT2D eigenvalue weighted by Gasteiger charge is -2.24. The van der Waals surface area contributed by atoms with E-state index in [1.54, 1.807) is 16.4 Å². The van der Waals surface area contributed by atoms with E-state index in [1.165, 1.54) is 0 Å². The van der Waals surface area contributed by atoms with E-state index >= 15 is 0 Å². The first-order chi connectivity index (χ1) is 15.2. The number of carbonyl (C=O) groups is 1. The number of benzene rings is 3. The number of hydrogen-bond acceptors (Lipinski definition) is 3. The number of sulfonamides is 1. The lowest BCUT2D eigenvalue weighted by molar-refractivity contribution is 0.100. The van der Waals surface area contributed by atoms with Crippen LogP contribution in [0.3, 0.4) is 0 Å². The highest BCUT2D eigenvalue weighted by Gasteiger charge is 2.23.